The zero-order valence-corrected chi connectivity index (χ0v) is 14.5. The van der Waals surface area contributed by atoms with Gasteiger partial charge in [0.1, 0.15) is 11.5 Å². The van der Waals surface area contributed by atoms with Crippen LogP contribution in [0.5, 0.6) is 0 Å². The zero-order valence-electron chi connectivity index (χ0n) is 13.7. The zero-order chi connectivity index (χ0) is 17.9. The summed E-state index contributed by atoms with van der Waals surface area (Å²) in [6.45, 7) is 5.07. The summed E-state index contributed by atoms with van der Waals surface area (Å²) in [6, 6.07) is 5.54. The summed E-state index contributed by atoms with van der Waals surface area (Å²) in [7, 11) is -3.46. The van der Waals surface area contributed by atoms with Gasteiger partial charge in [0.25, 0.3) is 5.91 Å². The number of aryl methyl sites for hydroxylation is 1. The molecule has 0 saturated heterocycles. The molecular formula is C16H20FN3O3S. The van der Waals surface area contributed by atoms with Crippen molar-refractivity contribution >= 4 is 21.6 Å². The molecule has 0 radical (unpaired) electrons. The van der Waals surface area contributed by atoms with Crippen LogP contribution in [0.15, 0.2) is 30.5 Å². The van der Waals surface area contributed by atoms with Crippen LogP contribution in [-0.2, 0) is 15.8 Å². The van der Waals surface area contributed by atoms with E-state index in [2.05, 4.69) is 15.0 Å². The molecule has 0 spiro atoms. The first kappa shape index (κ1) is 18.2. The van der Waals surface area contributed by atoms with Gasteiger partial charge in [-0.05, 0) is 56.2 Å². The van der Waals surface area contributed by atoms with Gasteiger partial charge in [-0.15, -0.1) is 0 Å². The molecule has 0 unspecified atom stereocenters. The summed E-state index contributed by atoms with van der Waals surface area (Å²) in [5, 5.41) is 2.63. The maximum atomic E-state index is 13.2. The second kappa shape index (κ2) is 7.14. The number of halogens is 1. The number of nitrogens with one attached hydrogen (secondary N) is 3. The highest BCUT2D eigenvalue weighted by Crippen LogP contribution is 2.15. The number of aromatic amines is 1. The molecular weight excluding hydrogens is 333 g/mol. The molecule has 0 aliphatic heterocycles. The Bertz CT molecular complexity index is 844. The Morgan fingerprint density at radius 2 is 2.00 bits per heavy atom. The van der Waals surface area contributed by atoms with Crippen LogP contribution in [0.1, 0.15) is 35.5 Å². The maximum absolute atomic E-state index is 13.2. The van der Waals surface area contributed by atoms with Crippen molar-refractivity contribution in [2.45, 2.75) is 32.6 Å². The first-order valence-corrected chi connectivity index (χ1v) is 9.06. The second-order valence-corrected chi connectivity index (χ2v) is 7.63. The molecule has 0 atom stereocenters. The molecule has 1 aromatic heterocycles. The average Bonchev–Trinajstić information content (AvgIpc) is 2.89. The lowest BCUT2D eigenvalue weighted by molar-refractivity contribution is 0.102. The number of H-pyrrole nitrogens is 1. The van der Waals surface area contributed by atoms with E-state index in [0.717, 1.165) is 0 Å². The summed E-state index contributed by atoms with van der Waals surface area (Å²) in [5.41, 5.74) is 1.59. The van der Waals surface area contributed by atoms with E-state index in [9.17, 15) is 17.6 Å². The Balaban J connectivity index is 2.07. The second-order valence-electron chi connectivity index (χ2n) is 5.87. The summed E-state index contributed by atoms with van der Waals surface area (Å²) in [6.07, 6.45) is 1.48. The monoisotopic (exact) mass is 353 g/mol. The van der Waals surface area contributed by atoms with Crippen LogP contribution < -0.4 is 10.0 Å². The van der Waals surface area contributed by atoms with E-state index in [1.807, 2.05) is 0 Å². The third kappa shape index (κ3) is 4.90. The first-order valence-electron chi connectivity index (χ1n) is 7.41. The minimum Gasteiger partial charge on any atom is -0.357 e. The standard InChI is InChI=1S/C16H20FN3O3S/c1-10(2)20-24(22,23)9-12-7-15(18-8-12)16(21)19-13-4-5-14(17)11(3)6-13/h4-8,10,18,20H,9H2,1-3H3,(H,19,21). The molecule has 1 heterocycles. The molecule has 0 fully saturated rings. The molecule has 1 amide bonds. The Labute approximate surface area is 140 Å². The lowest BCUT2D eigenvalue weighted by Gasteiger charge is -2.08. The lowest BCUT2D eigenvalue weighted by Crippen LogP contribution is -2.31. The van der Waals surface area contributed by atoms with Crippen LogP contribution in [-0.4, -0.2) is 25.4 Å². The topological polar surface area (TPSA) is 91.1 Å². The van der Waals surface area contributed by atoms with Crippen molar-refractivity contribution in [3.63, 3.8) is 0 Å². The Kier molecular flexibility index (Phi) is 5.40. The van der Waals surface area contributed by atoms with Gasteiger partial charge in [-0.2, -0.15) is 0 Å². The predicted octanol–water partition coefficient (Wildman–Crippen LogP) is 2.54. The van der Waals surface area contributed by atoms with Gasteiger partial charge in [0.05, 0.1) is 5.75 Å². The van der Waals surface area contributed by atoms with Crippen molar-refractivity contribution in [3.05, 3.63) is 53.1 Å². The van der Waals surface area contributed by atoms with Gasteiger partial charge >= 0.3 is 0 Å². The number of hydrogen-bond donors (Lipinski definition) is 3. The van der Waals surface area contributed by atoms with Crippen molar-refractivity contribution in [2.75, 3.05) is 5.32 Å². The van der Waals surface area contributed by atoms with Crippen LogP contribution in [0.25, 0.3) is 0 Å². The minimum atomic E-state index is -3.46. The fourth-order valence-corrected chi connectivity index (χ4v) is 3.60. The predicted molar refractivity (Wildman–Crippen MR) is 90.8 cm³/mol. The Morgan fingerprint density at radius 3 is 2.62 bits per heavy atom. The van der Waals surface area contributed by atoms with Crippen LogP contribution >= 0.6 is 0 Å². The molecule has 0 saturated carbocycles. The van der Waals surface area contributed by atoms with Gasteiger partial charge in [-0.3, -0.25) is 4.79 Å². The van der Waals surface area contributed by atoms with Crippen molar-refractivity contribution < 1.29 is 17.6 Å². The van der Waals surface area contributed by atoms with Gasteiger partial charge in [0, 0.05) is 17.9 Å². The summed E-state index contributed by atoms with van der Waals surface area (Å²) in [4.78, 5) is 14.9. The number of anilines is 1. The van der Waals surface area contributed by atoms with Crippen molar-refractivity contribution in [1.29, 1.82) is 0 Å². The third-order valence-electron chi connectivity index (χ3n) is 3.18. The van der Waals surface area contributed by atoms with Crippen LogP contribution in [0, 0.1) is 12.7 Å². The number of hydrogen-bond acceptors (Lipinski definition) is 3. The summed E-state index contributed by atoms with van der Waals surface area (Å²) < 4.78 is 39.5. The highest BCUT2D eigenvalue weighted by atomic mass is 32.2. The van der Waals surface area contributed by atoms with Gasteiger partial charge in [0.2, 0.25) is 10.0 Å². The van der Waals surface area contributed by atoms with Crippen molar-refractivity contribution in [3.8, 4) is 0 Å². The summed E-state index contributed by atoms with van der Waals surface area (Å²) in [5.74, 6) is -0.996. The number of amides is 1. The summed E-state index contributed by atoms with van der Waals surface area (Å²) >= 11 is 0. The number of rotatable bonds is 6. The SMILES string of the molecule is Cc1cc(NC(=O)c2cc(CS(=O)(=O)NC(C)C)c[nH]2)ccc1F. The van der Waals surface area contributed by atoms with E-state index in [4.69, 9.17) is 0 Å². The normalized spacial score (nSPS) is 11.7. The molecule has 24 heavy (non-hydrogen) atoms. The highest BCUT2D eigenvalue weighted by molar-refractivity contribution is 7.88. The number of sulfonamides is 1. The van der Waals surface area contributed by atoms with Gasteiger partial charge in [0.15, 0.2) is 0 Å². The number of aromatic nitrogens is 1. The molecule has 6 nitrogen and oxygen atoms in total. The molecule has 2 aromatic rings. The fraction of sp³-hybridized carbons (Fsp3) is 0.312. The smallest absolute Gasteiger partial charge is 0.272 e. The molecule has 3 N–H and O–H groups in total. The number of benzene rings is 1. The number of carbonyl (C=O) groups excluding carboxylic acids is 1. The molecule has 0 aliphatic carbocycles. The van der Waals surface area contributed by atoms with E-state index < -0.39 is 15.9 Å². The first-order chi connectivity index (χ1) is 11.2. The van der Waals surface area contributed by atoms with E-state index >= 15 is 0 Å². The van der Waals surface area contributed by atoms with Crippen molar-refractivity contribution in [2.24, 2.45) is 0 Å². The van der Waals surface area contributed by atoms with Crippen LogP contribution in [0.3, 0.4) is 0 Å². The Morgan fingerprint density at radius 1 is 1.29 bits per heavy atom. The van der Waals surface area contributed by atoms with Crippen LogP contribution in [0.4, 0.5) is 10.1 Å². The molecule has 0 aliphatic rings. The molecule has 1 aromatic carbocycles. The van der Waals surface area contributed by atoms with Gasteiger partial charge in [-0.1, -0.05) is 0 Å². The van der Waals surface area contributed by atoms with Crippen LogP contribution in [0.2, 0.25) is 0 Å². The average molecular weight is 353 g/mol. The quantitative estimate of drug-likeness (QED) is 0.745. The number of carbonyl (C=O) groups is 1. The van der Waals surface area contributed by atoms with E-state index in [-0.39, 0.29) is 23.3 Å². The maximum Gasteiger partial charge on any atom is 0.272 e. The van der Waals surface area contributed by atoms with E-state index in [0.29, 0.717) is 16.8 Å². The van der Waals surface area contributed by atoms with E-state index in [1.165, 1.54) is 30.5 Å². The Hall–Kier alpha value is -2.19. The van der Waals surface area contributed by atoms with E-state index in [1.54, 1.807) is 20.8 Å². The molecule has 8 heteroatoms. The van der Waals surface area contributed by atoms with Gasteiger partial charge < -0.3 is 10.3 Å². The molecule has 2 rings (SSSR count). The molecule has 0 bridgehead atoms. The van der Waals surface area contributed by atoms with Crippen molar-refractivity contribution in [1.82, 2.24) is 9.71 Å². The highest BCUT2D eigenvalue weighted by Gasteiger charge is 2.16. The third-order valence-corrected chi connectivity index (χ3v) is 4.72. The van der Waals surface area contributed by atoms with Gasteiger partial charge in [-0.25, -0.2) is 17.5 Å². The fourth-order valence-electron chi connectivity index (χ4n) is 2.19. The lowest BCUT2D eigenvalue weighted by atomic mass is 10.2. The minimum absolute atomic E-state index is 0.196. The largest absolute Gasteiger partial charge is 0.357 e. The molecule has 130 valence electrons.